The minimum Gasteiger partial charge on any atom is -0.368 e. The third-order valence-corrected chi connectivity index (χ3v) is 4.63. The zero-order valence-electron chi connectivity index (χ0n) is 12.0. The van der Waals surface area contributed by atoms with Crippen LogP contribution in [0.2, 0.25) is 0 Å². The molecule has 0 bridgehead atoms. The summed E-state index contributed by atoms with van der Waals surface area (Å²) in [6, 6.07) is 4.89. The van der Waals surface area contributed by atoms with E-state index < -0.39 is 0 Å². The largest absolute Gasteiger partial charge is 0.368 e. The first-order valence-electron chi connectivity index (χ1n) is 7.10. The summed E-state index contributed by atoms with van der Waals surface area (Å²) in [6.07, 6.45) is 1.83. The Balaban J connectivity index is 1.77. The van der Waals surface area contributed by atoms with E-state index in [1.807, 2.05) is 24.6 Å². The molecule has 21 heavy (non-hydrogen) atoms. The Labute approximate surface area is 128 Å². The van der Waals surface area contributed by atoms with Crippen LogP contribution >= 0.6 is 11.3 Å². The van der Waals surface area contributed by atoms with Gasteiger partial charge in [0.05, 0.1) is 0 Å². The van der Waals surface area contributed by atoms with Gasteiger partial charge in [-0.2, -0.15) is 0 Å². The van der Waals surface area contributed by atoms with Gasteiger partial charge in [0.2, 0.25) is 0 Å². The summed E-state index contributed by atoms with van der Waals surface area (Å²) >= 11 is 1.65. The number of rotatable bonds is 3. The molecular weight excluding hydrogens is 287 g/mol. The van der Waals surface area contributed by atoms with Crippen LogP contribution in [-0.4, -0.2) is 31.2 Å². The molecule has 4 nitrogen and oxygen atoms in total. The van der Waals surface area contributed by atoms with Gasteiger partial charge in [-0.1, -0.05) is 6.07 Å². The maximum Gasteiger partial charge on any atom is 0.185 e. The molecular formula is C15H19FN4S. The molecule has 0 saturated carbocycles. The predicted molar refractivity (Wildman–Crippen MR) is 85.5 cm³/mol. The van der Waals surface area contributed by atoms with Gasteiger partial charge in [-0.25, -0.2) is 9.37 Å². The quantitative estimate of drug-likeness (QED) is 0.947. The molecule has 1 atom stereocenters. The van der Waals surface area contributed by atoms with E-state index in [2.05, 4.69) is 14.8 Å². The van der Waals surface area contributed by atoms with E-state index in [0.29, 0.717) is 5.56 Å². The minimum absolute atomic E-state index is 0.218. The lowest BCUT2D eigenvalue weighted by atomic mass is 10.0. The molecule has 2 N–H and O–H groups in total. The van der Waals surface area contributed by atoms with Gasteiger partial charge < -0.3 is 15.5 Å². The van der Waals surface area contributed by atoms with E-state index in [0.717, 1.165) is 37.0 Å². The average Bonchev–Trinajstić information content (AvgIpc) is 3.01. The van der Waals surface area contributed by atoms with E-state index in [9.17, 15) is 4.39 Å². The smallest absolute Gasteiger partial charge is 0.185 e. The fourth-order valence-corrected chi connectivity index (χ4v) is 3.46. The first kappa shape index (κ1) is 14.3. The second kappa shape index (κ2) is 5.99. The fraction of sp³-hybridized carbons (Fsp3) is 0.400. The van der Waals surface area contributed by atoms with Crippen LogP contribution in [0.4, 0.5) is 15.2 Å². The number of anilines is 2. The summed E-state index contributed by atoms with van der Waals surface area (Å²) in [6.45, 7) is 5.31. The molecule has 112 valence electrons. The van der Waals surface area contributed by atoms with Crippen molar-refractivity contribution in [2.24, 2.45) is 5.73 Å². The number of benzene rings is 1. The normalized spacial score (nSPS) is 17.1. The number of piperazine rings is 1. The Morgan fingerprint density at radius 1 is 1.24 bits per heavy atom. The van der Waals surface area contributed by atoms with Crippen molar-refractivity contribution in [3.05, 3.63) is 41.2 Å². The van der Waals surface area contributed by atoms with E-state index in [4.69, 9.17) is 5.73 Å². The van der Waals surface area contributed by atoms with E-state index in [1.54, 1.807) is 17.4 Å². The van der Waals surface area contributed by atoms with Crippen LogP contribution in [-0.2, 0) is 0 Å². The molecule has 1 saturated heterocycles. The Morgan fingerprint density at radius 2 is 1.95 bits per heavy atom. The number of nitrogens with zero attached hydrogens (tertiary/aromatic N) is 3. The van der Waals surface area contributed by atoms with Gasteiger partial charge in [-0.3, -0.25) is 0 Å². The lowest BCUT2D eigenvalue weighted by Crippen LogP contribution is -2.47. The van der Waals surface area contributed by atoms with Gasteiger partial charge >= 0.3 is 0 Å². The van der Waals surface area contributed by atoms with E-state index in [1.165, 1.54) is 6.07 Å². The highest BCUT2D eigenvalue weighted by Crippen LogP contribution is 2.29. The van der Waals surface area contributed by atoms with E-state index in [-0.39, 0.29) is 11.9 Å². The number of halogens is 1. The second-order valence-electron chi connectivity index (χ2n) is 5.25. The van der Waals surface area contributed by atoms with Crippen LogP contribution in [0, 0.1) is 5.82 Å². The van der Waals surface area contributed by atoms with Crippen molar-refractivity contribution in [3.8, 4) is 0 Å². The topological polar surface area (TPSA) is 45.4 Å². The van der Waals surface area contributed by atoms with Crippen molar-refractivity contribution >= 4 is 22.2 Å². The molecule has 0 amide bonds. The highest BCUT2D eigenvalue weighted by Gasteiger charge is 2.22. The SMILES string of the molecule is CC(N)c1c(F)cccc1N1CCN(c2nccs2)CC1. The fourth-order valence-electron chi connectivity index (χ4n) is 2.76. The molecule has 3 rings (SSSR count). The van der Waals surface area contributed by atoms with Crippen molar-refractivity contribution in [3.63, 3.8) is 0 Å². The van der Waals surface area contributed by atoms with Crippen molar-refractivity contribution in [2.45, 2.75) is 13.0 Å². The first-order chi connectivity index (χ1) is 10.2. The lowest BCUT2D eigenvalue weighted by Gasteiger charge is -2.37. The molecule has 2 aromatic rings. The summed E-state index contributed by atoms with van der Waals surface area (Å²) in [5.41, 5.74) is 7.47. The van der Waals surface area contributed by atoms with Crippen molar-refractivity contribution in [2.75, 3.05) is 36.0 Å². The Hall–Kier alpha value is -1.66. The molecule has 2 heterocycles. The lowest BCUT2D eigenvalue weighted by molar-refractivity contribution is 0.586. The van der Waals surface area contributed by atoms with Crippen molar-refractivity contribution < 1.29 is 4.39 Å². The van der Waals surface area contributed by atoms with E-state index >= 15 is 0 Å². The van der Waals surface area contributed by atoms with Gasteiger partial charge in [-0.15, -0.1) is 11.3 Å². The van der Waals surface area contributed by atoms with Crippen LogP contribution in [0.5, 0.6) is 0 Å². The molecule has 0 spiro atoms. The summed E-state index contributed by atoms with van der Waals surface area (Å²) in [5, 5.41) is 3.05. The molecule has 1 aromatic carbocycles. The molecule has 1 aromatic heterocycles. The molecule has 1 fully saturated rings. The number of aromatic nitrogens is 1. The third-order valence-electron chi connectivity index (χ3n) is 3.80. The summed E-state index contributed by atoms with van der Waals surface area (Å²) in [5.74, 6) is -0.218. The molecule has 1 unspecified atom stereocenters. The monoisotopic (exact) mass is 306 g/mol. The van der Waals surface area contributed by atoms with Gasteiger partial charge in [0.1, 0.15) is 5.82 Å². The van der Waals surface area contributed by atoms with Gasteiger partial charge in [0.25, 0.3) is 0 Å². The summed E-state index contributed by atoms with van der Waals surface area (Å²) in [7, 11) is 0. The second-order valence-corrected chi connectivity index (χ2v) is 6.12. The minimum atomic E-state index is -0.307. The number of hydrogen-bond donors (Lipinski definition) is 1. The molecule has 0 radical (unpaired) electrons. The third kappa shape index (κ3) is 2.87. The summed E-state index contributed by atoms with van der Waals surface area (Å²) in [4.78, 5) is 8.83. The standard InChI is InChI=1S/C15H19FN4S/c1-11(17)14-12(16)3-2-4-13(14)19-6-8-20(9-7-19)15-18-5-10-21-15/h2-5,10-11H,6-9,17H2,1H3. The number of thiazole rings is 1. The maximum atomic E-state index is 14.0. The summed E-state index contributed by atoms with van der Waals surface area (Å²) < 4.78 is 14.0. The molecule has 1 aliphatic rings. The molecule has 1 aliphatic heterocycles. The number of hydrogen-bond acceptors (Lipinski definition) is 5. The van der Waals surface area contributed by atoms with Gasteiger partial charge in [0.15, 0.2) is 5.13 Å². The zero-order chi connectivity index (χ0) is 14.8. The van der Waals surface area contributed by atoms with Crippen LogP contribution < -0.4 is 15.5 Å². The Bertz CT molecular complexity index is 592. The van der Waals surface area contributed by atoms with Crippen LogP contribution in [0.25, 0.3) is 0 Å². The first-order valence-corrected chi connectivity index (χ1v) is 7.98. The molecule has 0 aliphatic carbocycles. The molecule has 6 heteroatoms. The highest BCUT2D eigenvalue weighted by atomic mass is 32.1. The number of nitrogens with two attached hydrogens (primary N) is 1. The van der Waals surface area contributed by atoms with Crippen LogP contribution in [0.3, 0.4) is 0 Å². The zero-order valence-corrected chi connectivity index (χ0v) is 12.8. The highest BCUT2D eigenvalue weighted by molar-refractivity contribution is 7.13. The van der Waals surface area contributed by atoms with Gasteiger partial charge in [-0.05, 0) is 19.1 Å². The maximum absolute atomic E-state index is 14.0. The van der Waals surface area contributed by atoms with Crippen molar-refractivity contribution in [1.82, 2.24) is 4.98 Å². The van der Waals surface area contributed by atoms with Crippen LogP contribution in [0.1, 0.15) is 18.5 Å². The average molecular weight is 306 g/mol. The Kier molecular flexibility index (Phi) is 4.07. The van der Waals surface area contributed by atoms with Gasteiger partial charge in [0, 0.05) is 55.0 Å². The van der Waals surface area contributed by atoms with Crippen LogP contribution in [0.15, 0.2) is 29.8 Å². The predicted octanol–water partition coefficient (Wildman–Crippen LogP) is 2.63. The Morgan fingerprint density at radius 3 is 2.57 bits per heavy atom. The van der Waals surface area contributed by atoms with Crippen molar-refractivity contribution in [1.29, 1.82) is 0 Å².